The van der Waals surface area contributed by atoms with Crippen LogP contribution in [0.5, 0.6) is 0 Å². The Morgan fingerprint density at radius 2 is 2.06 bits per heavy atom. The average Bonchev–Trinajstić information content (AvgIpc) is 3.13. The van der Waals surface area contributed by atoms with Gasteiger partial charge in [-0.05, 0) is 44.5 Å². The van der Waals surface area contributed by atoms with Gasteiger partial charge in [0.15, 0.2) is 0 Å². The molecule has 0 bridgehead atoms. The Kier molecular flexibility index (Phi) is 4.19. The zero-order chi connectivity index (χ0) is 12.3. The van der Waals surface area contributed by atoms with E-state index in [-0.39, 0.29) is 0 Å². The zero-order valence-electron chi connectivity index (χ0n) is 11.2. The van der Waals surface area contributed by atoms with E-state index >= 15 is 0 Å². The van der Waals surface area contributed by atoms with Gasteiger partial charge in [-0.1, -0.05) is 31.2 Å². The first-order valence-corrected chi connectivity index (χ1v) is 6.71. The highest BCUT2D eigenvalue weighted by Gasteiger charge is 2.28. The van der Waals surface area contributed by atoms with Gasteiger partial charge in [-0.3, -0.25) is 0 Å². The molecule has 2 heteroatoms. The molecule has 94 valence electrons. The lowest BCUT2D eigenvalue weighted by Gasteiger charge is -2.26. The molecule has 1 fully saturated rings. The first kappa shape index (κ1) is 12.6. The molecule has 0 amide bonds. The molecular weight excluding hydrogens is 208 g/mol. The maximum Gasteiger partial charge on any atom is 0.0451 e. The van der Waals surface area contributed by atoms with Crippen molar-refractivity contribution < 1.29 is 0 Å². The van der Waals surface area contributed by atoms with Crippen LogP contribution in [0.15, 0.2) is 24.3 Å². The molecule has 1 aromatic carbocycles. The summed E-state index contributed by atoms with van der Waals surface area (Å²) in [5.41, 5.74) is 2.84. The van der Waals surface area contributed by atoms with Crippen molar-refractivity contribution in [3.05, 3.63) is 35.4 Å². The van der Waals surface area contributed by atoms with Crippen molar-refractivity contribution in [3.63, 3.8) is 0 Å². The first-order valence-electron chi connectivity index (χ1n) is 6.71. The van der Waals surface area contributed by atoms with Gasteiger partial charge >= 0.3 is 0 Å². The summed E-state index contributed by atoms with van der Waals surface area (Å²) in [6.07, 6.45) is 2.76. The highest BCUT2D eigenvalue weighted by Crippen LogP contribution is 2.28. The molecule has 2 rings (SSSR count). The molecule has 1 atom stereocenters. The minimum Gasteiger partial charge on any atom is -0.309 e. The summed E-state index contributed by atoms with van der Waals surface area (Å²) in [4.78, 5) is 2.50. The van der Waals surface area contributed by atoms with Gasteiger partial charge in [-0.2, -0.15) is 0 Å². The molecule has 1 aromatic rings. The van der Waals surface area contributed by atoms with Gasteiger partial charge in [-0.25, -0.2) is 0 Å². The van der Waals surface area contributed by atoms with E-state index in [0.29, 0.717) is 6.04 Å². The largest absolute Gasteiger partial charge is 0.309 e. The molecule has 0 heterocycles. The van der Waals surface area contributed by atoms with E-state index < -0.39 is 0 Å². The Hall–Kier alpha value is -0.860. The van der Waals surface area contributed by atoms with Gasteiger partial charge in [0.25, 0.3) is 0 Å². The highest BCUT2D eigenvalue weighted by atomic mass is 15.2. The molecule has 2 nitrogen and oxygen atoms in total. The third-order valence-electron chi connectivity index (χ3n) is 3.66. The fourth-order valence-electron chi connectivity index (χ4n) is 2.45. The van der Waals surface area contributed by atoms with E-state index in [1.807, 2.05) is 0 Å². The summed E-state index contributed by atoms with van der Waals surface area (Å²) in [6.45, 7) is 6.53. The molecule has 0 aliphatic heterocycles. The van der Waals surface area contributed by atoms with Crippen LogP contribution < -0.4 is 5.32 Å². The second kappa shape index (κ2) is 5.65. The van der Waals surface area contributed by atoms with E-state index in [1.165, 1.54) is 24.0 Å². The maximum atomic E-state index is 3.61. The van der Waals surface area contributed by atoms with E-state index in [9.17, 15) is 0 Å². The third-order valence-corrected chi connectivity index (χ3v) is 3.66. The van der Waals surface area contributed by atoms with Crippen LogP contribution in [0.2, 0.25) is 0 Å². The van der Waals surface area contributed by atoms with Crippen molar-refractivity contribution in [2.75, 3.05) is 20.1 Å². The first-order chi connectivity index (χ1) is 8.22. The van der Waals surface area contributed by atoms with Gasteiger partial charge in [0.2, 0.25) is 0 Å². The Labute approximate surface area is 105 Å². The van der Waals surface area contributed by atoms with Gasteiger partial charge in [0.05, 0.1) is 0 Å². The SMILES string of the molecule is CCNC(CN(C)C1CC1)c1ccccc1C. The smallest absolute Gasteiger partial charge is 0.0451 e. The third kappa shape index (κ3) is 3.30. The lowest BCUT2D eigenvalue weighted by atomic mass is 10.0. The number of nitrogens with one attached hydrogen (secondary N) is 1. The second-order valence-corrected chi connectivity index (χ2v) is 5.14. The Bertz CT molecular complexity index is 358. The quantitative estimate of drug-likeness (QED) is 0.811. The summed E-state index contributed by atoms with van der Waals surface area (Å²) < 4.78 is 0. The topological polar surface area (TPSA) is 15.3 Å². The summed E-state index contributed by atoms with van der Waals surface area (Å²) in [7, 11) is 2.25. The van der Waals surface area contributed by atoms with E-state index in [1.54, 1.807) is 0 Å². The van der Waals surface area contributed by atoms with Gasteiger partial charge in [-0.15, -0.1) is 0 Å². The van der Waals surface area contributed by atoms with Crippen molar-refractivity contribution in [2.45, 2.75) is 38.8 Å². The van der Waals surface area contributed by atoms with Crippen LogP contribution in [-0.2, 0) is 0 Å². The number of rotatable bonds is 6. The molecule has 1 aliphatic carbocycles. The summed E-state index contributed by atoms with van der Waals surface area (Å²) in [5, 5.41) is 3.61. The molecule has 0 saturated heterocycles. The molecule has 1 aliphatic rings. The Morgan fingerprint density at radius 3 is 2.65 bits per heavy atom. The lowest BCUT2D eigenvalue weighted by Crippen LogP contribution is -2.34. The number of benzene rings is 1. The van der Waals surface area contributed by atoms with Crippen molar-refractivity contribution in [2.24, 2.45) is 0 Å². The van der Waals surface area contributed by atoms with Gasteiger partial charge < -0.3 is 10.2 Å². The van der Waals surface area contributed by atoms with Gasteiger partial charge in [0.1, 0.15) is 0 Å². The fourth-order valence-corrected chi connectivity index (χ4v) is 2.45. The number of hydrogen-bond acceptors (Lipinski definition) is 2. The van der Waals surface area contributed by atoms with Crippen LogP contribution in [-0.4, -0.2) is 31.1 Å². The van der Waals surface area contributed by atoms with Crippen LogP contribution in [0.25, 0.3) is 0 Å². The highest BCUT2D eigenvalue weighted by molar-refractivity contribution is 5.29. The predicted molar refractivity (Wildman–Crippen MR) is 73.2 cm³/mol. The molecule has 1 unspecified atom stereocenters. The number of aryl methyl sites for hydroxylation is 1. The summed E-state index contributed by atoms with van der Waals surface area (Å²) in [5.74, 6) is 0. The van der Waals surface area contributed by atoms with E-state index in [4.69, 9.17) is 0 Å². The minimum absolute atomic E-state index is 0.465. The molecule has 17 heavy (non-hydrogen) atoms. The normalized spacial score (nSPS) is 17.4. The van der Waals surface area contributed by atoms with E-state index in [2.05, 4.69) is 55.4 Å². The monoisotopic (exact) mass is 232 g/mol. The molecule has 1 saturated carbocycles. The molecular formula is C15H24N2. The van der Waals surface area contributed by atoms with Crippen LogP contribution in [0, 0.1) is 6.92 Å². The maximum absolute atomic E-state index is 3.61. The molecule has 0 radical (unpaired) electrons. The predicted octanol–water partition coefficient (Wildman–Crippen LogP) is 2.74. The number of hydrogen-bond donors (Lipinski definition) is 1. The van der Waals surface area contributed by atoms with Crippen molar-refractivity contribution in [1.82, 2.24) is 10.2 Å². The summed E-state index contributed by atoms with van der Waals surface area (Å²) >= 11 is 0. The van der Waals surface area contributed by atoms with E-state index in [0.717, 1.165) is 19.1 Å². The molecule has 0 spiro atoms. The minimum atomic E-state index is 0.465. The Balaban J connectivity index is 2.07. The fraction of sp³-hybridized carbons (Fsp3) is 0.600. The van der Waals surface area contributed by atoms with Crippen molar-refractivity contribution >= 4 is 0 Å². The van der Waals surface area contributed by atoms with Crippen LogP contribution >= 0.6 is 0 Å². The van der Waals surface area contributed by atoms with Crippen LogP contribution in [0.4, 0.5) is 0 Å². The van der Waals surface area contributed by atoms with Crippen LogP contribution in [0.3, 0.4) is 0 Å². The number of nitrogens with zero attached hydrogens (tertiary/aromatic N) is 1. The lowest BCUT2D eigenvalue weighted by molar-refractivity contribution is 0.283. The number of likely N-dealkylation sites (N-methyl/N-ethyl adjacent to an activating group) is 2. The molecule has 1 N–H and O–H groups in total. The standard InChI is InChI=1S/C15H24N2/c1-4-16-15(11-17(3)13-9-10-13)14-8-6-5-7-12(14)2/h5-8,13,15-16H,4,9-11H2,1-3H3. The van der Waals surface area contributed by atoms with Gasteiger partial charge in [0, 0.05) is 18.6 Å². The average molecular weight is 232 g/mol. The van der Waals surface area contributed by atoms with Crippen molar-refractivity contribution in [1.29, 1.82) is 0 Å². The van der Waals surface area contributed by atoms with Crippen LogP contribution in [0.1, 0.15) is 36.9 Å². The van der Waals surface area contributed by atoms with Crippen molar-refractivity contribution in [3.8, 4) is 0 Å². The molecule has 0 aromatic heterocycles. The zero-order valence-corrected chi connectivity index (χ0v) is 11.2. The Morgan fingerprint density at radius 1 is 1.35 bits per heavy atom. The summed E-state index contributed by atoms with van der Waals surface area (Å²) in [6, 6.07) is 10.0. The second-order valence-electron chi connectivity index (χ2n) is 5.14.